The topological polar surface area (TPSA) is 74.8 Å². The van der Waals surface area contributed by atoms with E-state index in [9.17, 15) is 18.0 Å². The Hall–Kier alpha value is -1.89. The first-order valence-corrected chi connectivity index (χ1v) is 11.0. The molecule has 0 aliphatic carbocycles. The summed E-state index contributed by atoms with van der Waals surface area (Å²) in [4.78, 5) is 28.2. The number of hydrogen-bond donors (Lipinski definition) is 0. The average Bonchev–Trinajstić information content (AvgIpc) is 2.99. The molecule has 3 rings (SSSR count). The van der Waals surface area contributed by atoms with Crippen molar-refractivity contribution in [3.05, 3.63) is 35.9 Å². The van der Waals surface area contributed by atoms with Gasteiger partial charge in [-0.05, 0) is 24.8 Å². The molecule has 2 fully saturated rings. The van der Waals surface area contributed by atoms with Crippen molar-refractivity contribution in [3.63, 3.8) is 0 Å². The molecule has 2 aliphatic heterocycles. The van der Waals surface area contributed by atoms with Crippen LogP contribution < -0.4 is 0 Å². The Balaban J connectivity index is 1.74. The molecule has 1 aromatic rings. The van der Waals surface area contributed by atoms with Gasteiger partial charge in [-0.3, -0.25) is 9.59 Å². The fourth-order valence-corrected chi connectivity index (χ4v) is 5.59. The van der Waals surface area contributed by atoms with Gasteiger partial charge in [0.25, 0.3) is 0 Å². The summed E-state index contributed by atoms with van der Waals surface area (Å²) in [5.41, 5.74) is 1.01. The number of rotatable bonds is 4. The van der Waals surface area contributed by atoms with Gasteiger partial charge in [0.15, 0.2) is 9.84 Å². The lowest BCUT2D eigenvalue weighted by molar-refractivity contribution is -0.142. The summed E-state index contributed by atoms with van der Waals surface area (Å²) in [6.07, 6.45) is 1.79. The summed E-state index contributed by atoms with van der Waals surface area (Å²) in [5, 5.41) is 0. The maximum atomic E-state index is 13.2. The van der Waals surface area contributed by atoms with E-state index in [1.54, 1.807) is 16.7 Å². The lowest BCUT2D eigenvalue weighted by Crippen LogP contribution is -2.47. The van der Waals surface area contributed by atoms with Crippen LogP contribution in [0.1, 0.15) is 31.7 Å². The van der Waals surface area contributed by atoms with Crippen LogP contribution in [0.15, 0.2) is 30.3 Å². The van der Waals surface area contributed by atoms with Crippen LogP contribution in [-0.4, -0.2) is 60.7 Å². The van der Waals surface area contributed by atoms with Crippen LogP contribution in [0.3, 0.4) is 0 Å². The lowest BCUT2D eigenvalue weighted by atomic mass is 9.94. The summed E-state index contributed by atoms with van der Waals surface area (Å²) >= 11 is 0. The van der Waals surface area contributed by atoms with E-state index in [0.717, 1.165) is 5.56 Å². The summed E-state index contributed by atoms with van der Waals surface area (Å²) in [7, 11) is -3.06. The maximum absolute atomic E-state index is 13.2. The molecule has 2 saturated heterocycles. The number of benzene rings is 1. The molecule has 0 aromatic heterocycles. The van der Waals surface area contributed by atoms with Crippen molar-refractivity contribution in [1.29, 1.82) is 0 Å². The van der Waals surface area contributed by atoms with Gasteiger partial charge in [-0.25, -0.2) is 8.42 Å². The van der Waals surface area contributed by atoms with E-state index in [4.69, 9.17) is 0 Å². The van der Waals surface area contributed by atoms with Gasteiger partial charge in [0.2, 0.25) is 11.8 Å². The number of likely N-dealkylation sites (tertiary alicyclic amines) is 1. The van der Waals surface area contributed by atoms with Crippen LogP contribution in [0.2, 0.25) is 0 Å². The number of sulfone groups is 1. The highest BCUT2D eigenvalue weighted by atomic mass is 32.2. The predicted octanol–water partition coefficient (Wildman–Crippen LogP) is 1.46. The second kappa shape index (κ2) is 7.78. The van der Waals surface area contributed by atoms with Crippen molar-refractivity contribution in [3.8, 4) is 0 Å². The Labute approximate surface area is 155 Å². The molecule has 0 saturated carbocycles. The van der Waals surface area contributed by atoms with Crippen molar-refractivity contribution in [2.75, 3.05) is 24.6 Å². The van der Waals surface area contributed by atoms with Gasteiger partial charge >= 0.3 is 0 Å². The highest BCUT2D eigenvalue weighted by molar-refractivity contribution is 7.91. The predicted molar refractivity (Wildman–Crippen MR) is 99.0 cm³/mol. The first-order chi connectivity index (χ1) is 12.4. The molecule has 7 heteroatoms. The van der Waals surface area contributed by atoms with Crippen LogP contribution in [0.4, 0.5) is 0 Å². The number of piperidine rings is 1. The Bertz CT molecular complexity index is 755. The van der Waals surface area contributed by atoms with E-state index < -0.39 is 9.84 Å². The number of carbonyl (C=O) groups excluding carboxylic acids is 2. The van der Waals surface area contributed by atoms with Crippen LogP contribution in [-0.2, 0) is 26.0 Å². The van der Waals surface area contributed by atoms with Gasteiger partial charge in [-0.1, -0.05) is 30.3 Å². The van der Waals surface area contributed by atoms with Crippen molar-refractivity contribution in [2.45, 2.75) is 38.8 Å². The molecule has 142 valence electrons. The molecule has 2 amide bonds. The van der Waals surface area contributed by atoms with E-state index in [1.165, 1.54) is 0 Å². The van der Waals surface area contributed by atoms with Crippen molar-refractivity contribution in [2.24, 2.45) is 5.92 Å². The molecule has 26 heavy (non-hydrogen) atoms. The zero-order valence-corrected chi connectivity index (χ0v) is 16.0. The zero-order chi connectivity index (χ0) is 18.7. The maximum Gasteiger partial charge on any atom is 0.226 e. The minimum atomic E-state index is -3.06. The minimum absolute atomic E-state index is 0.0270. The molecule has 0 radical (unpaired) electrons. The van der Waals surface area contributed by atoms with E-state index in [2.05, 4.69) is 0 Å². The van der Waals surface area contributed by atoms with Crippen molar-refractivity contribution < 1.29 is 18.0 Å². The van der Waals surface area contributed by atoms with E-state index in [-0.39, 0.29) is 35.3 Å². The molecular formula is C19H26N2O4S. The van der Waals surface area contributed by atoms with Crippen LogP contribution >= 0.6 is 0 Å². The smallest absolute Gasteiger partial charge is 0.226 e. The molecule has 6 nitrogen and oxygen atoms in total. The summed E-state index contributed by atoms with van der Waals surface area (Å²) in [6, 6.07) is 9.44. The van der Waals surface area contributed by atoms with Gasteiger partial charge in [0.05, 0.1) is 11.5 Å². The van der Waals surface area contributed by atoms with E-state index in [1.807, 2.05) is 30.3 Å². The van der Waals surface area contributed by atoms with Gasteiger partial charge in [0.1, 0.15) is 0 Å². The quantitative estimate of drug-likeness (QED) is 0.795. The molecule has 0 spiro atoms. The van der Waals surface area contributed by atoms with Gasteiger partial charge in [-0.15, -0.1) is 0 Å². The number of nitrogens with zero attached hydrogens (tertiary/aromatic N) is 2. The van der Waals surface area contributed by atoms with E-state index >= 15 is 0 Å². The second-order valence-corrected chi connectivity index (χ2v) is 9.52. The molecule has 1 unspecified atom stereocenters. The Morgan fingerprint density at radius 1 is 1.12 bits per heavy atom. The second-order valence-electron chi connectivity index (χ2n) is 7.29. The molecule has 2 heterocycles. The first kappa shape index (κ1) is 18.9. The Morgan fingerprint density at radius 3 is 2.31 bits per heavy atom. The van der Waals surface area contributed by atoms with Crippen molar-refractivity contribution >= 4 is 21.7 Å². The summed E-state index contributed by atoms with van der Waals surface area (Å²) < 4.78 is 23.9. The van der Waals surface area contributed by atoms with Crippen LogP contribution in [0.25, 0.3) is 0 Å². The average molecular weight is 378 g/mol. The monoisotopic (exact) mass is 378 g/mol. The van der Waals surface area contributed by atoms with Gasteiger partial charge in [-0.2, -0.15) is 0 Å². The fraction of sp³-hybridized carbons (Fsp3) is 0.579. The first-order valence-electron chi connectivity index (χ1n) is 9.16. The fourth-order valence-electron chi connectivity index (χ4n) is 3.86. The van der Waals surface area contributed by atoms with Crippen LogP contribution in [0, 0.1) is 5.92 Å². The third-order valence-electron chi connectivity index (χ3n) is 5.42. The number of hydrogen-bond acceptors (Lipinski definition) is 4. The highest BCUT2D eigenvalue weighted by Crippen LogP contribution is 2.26. The zero-order valence-electron chi connectivity index (χ0n) is 15.1. The minimum Gasteiger partial charge on any atom is -0.343 e. The molecule has 1 atom stereocenters. The SMILES string of the molecule is CC(=O)N1CCC(C(=O)N(Cc2ccccc2)C2CCS(=O)(=O)C2)CC1. The normalized spacial score (nSPS) is 23.0. The van der Waals surface area contributed by atoms with Gasteiger partial charge < -0.3 is 9.80 Å². The summed E-state index contributed by atoms with van der Waals surface area (Å²) in [5.74, 6) is 0.132. The third-order valence-corrected chi connectivity index (χ3v) is 7.17. The number of amides is 2. The molecule has 1 aromatic carbocycles. The lowest BCUT2D eigenvalue weighted by Gasteiger charge is -2.36. The van der Waals surface area contributed by atoms with E-state index in [0.29, 0.717) is 38.9 Å². The number of carbonyl (C=O) groups is 2. The Kier molecular flexibility index (Phi) is 5.65. The third kappa shape index (κ3) is 4.44. The standard InChI is InChI=1S/C19H26N2O4S/c1-15(22)20-10-7-17(8-11-20)19(23)21(13-16-5-3-2-4-6-16)18-9-12-26(24,25)14-18/h2-6,17-18H,7-14H2,1H3. The summed E-state index contributed by atoms with van der Waals surface area (Å²) in [6.45, 7) is 3.17. The molecule has 0 N–H and O–H groups in total. The molecular weight excluding hydrogens is 352 g/mol. The molecule has 2 aliphatic rings. The van der Waals surface area contributed by atoms with Crippen LogP contribution in [0.5, 0.6) is 0 Å². The largest absolute Gasteiger partial charge is 0.343 e. The van der Waals surface area contributed by atoms with Crippen molar-refractivity contribution in [1.82, 2.24) is 9.80 Å². The Morgan fingerprint density at radius 2 is 1.77 bits per heavy atom. The highest BCUT2D eigenvalue weighted by Gasteiger charge is 2.38. The molecule has 0 bridgehead atoms. The van der Waals surface area contributed by atoms with Gasteiger partial charge in [0, 0.05) is 38.5 Å².